The van der Waals surface area contributed by atoms with Crippen molar-refractivity contribution in [1.82, 2.24) is 5.32 Å². The highest BCUT2D eigenvalue weighted by Crippen LogP contribution is 2.22. The summed E-state index contributed by atoms with van der Waals surface area (Å²) < 4.78 is 15.4. The second-order valence-corrected chi connectivity index (χ2v) is 5.29. The first-order valence-corrected chi connectivity index (χ1v) is 7.00. The molecule has 1 aliphatic heterocycles. The van der Waals surface area contributed by atoms with Gasteiger partial charge in [-0.05, 0) is 24.3 Å². The number of thioether (sulfide) groups is 1. The van der Waals surface area contributed by atoms with Gasteiger partial charge in [0.15, 0.2) is 0 Å². The van der Waals surface area contributed by atoms with Crippen LogP contribution in [-0.2, 0) is 9.53 Å². The molecule has 1 fully saturated rings. The molecule has 6 heteroatoms. The minimum atomic E-state index is -0.237. The fraction of sp³-hybridized carbons (Fsp3) is 0.462. The van der Waals surface area contributed by atoms with E-state index >= 15 is 0 Å². The van der Waals surface area contributed by atoms with Gasteiger partial charge in [-0.1, -0.05) is 0 Å². The highest BCUT2D eigenvalue weighted by molar-refractivity contribution is 8.00. The quantitative estimate of drug-likeness (QED) is 0.822. The maximum absolute atomic E-state index is 11.4. The van der Waals surface area contributed by atoms with Gasteiger partial charge in [0.25, 0.3) is 0 Å². The van der Waals surface area contributed by atoms with Gasteiger partial charge in [0.05, 0.1) is 19.6 Å². The molecule has 0 aromatic heterocycles. The third kappa shape index (κ3) is 3.78. The molecule has 0 aliphatic carbocycles. The molecule has 0 saturated carbocycles. The van der Waals surface area contributed by atoms with E-state index in [2.05, 4.69) is 5.32 Å². The number of ether oxygens (including phenoxy) is 3. The first-order chi connectivity index (χ1) is 9.22. The Morgan fingerprint density at radius 2 is 2.00 bits per heavy atom. The van der Waals surface area contributed by atoms with E-state index in [4.69, 9.17) is 14.2 Å². The van der Waals surface area contributed by atoms with Crippen LogP contribution in [0.15, 0.2) is 24.3 Å². The van der Waals surface area contributed by atoms with Gasteiger partial charge < -0.3 is 14.2 Å². The van der Waals surface area contributed by atoms with Gasteiger partial charge in [0, 0.05) is 5.75 Å². The van der Waals surface area contributed by atoms with Crippen LogP contribution in [0.5, 0.6) is 11.5 Å². The van der Waals surface area contributed by atoms with Crippen molar-refractivity contribution in [3.63, 3.8) is 0 Å². The van der Waals surface area contributed by atoms with Crippen molar-refractivity contribution in [2.45, 2.75) is 11.4 Å². The minimum absolute atomic E-state index is 0.103. The Morgan fingerprint density at radius 3 is 2.63 bits per heavy atom. The second kappa shape index (κ2) is 6.68. The normalized spacial score (nSPS) is 22.0. The highest BCUT2D eigenvalue weighted by atomic mass is 32.2. The van der Waals surface area contributed by atoms with E-state index in [0.717, 1.165) is 11.5 Å². The van der Waals surface area contributed by atoms with E-state index in [1.54, 1.807) is 18.9 Å². The van der Waals surface area contributed by atoms with Crippen LogP contribution in [0.2, 0.25) is 0 Å². The van der Waals surface area contributed by atoms with Crippen LogP contribution in [-0.4, -0.2) is 44.0 Å². The summed E-state index contributed by atoms with van der Waals surface area (Å²) in [6, 6.07) is 7.18. The lowest BCUT2D eigenvalue weighted by atomic mass is 10.3. The van der Waals surface area contributed by atoms with Gasteiger partial charge in [0.2, 0.25) is 0 Å². The topological polar surface area (TPSA) is 56.8 Å². The first-order valence-electron chi connectivity index (χ1n) is 5.95. The van der Waals surface area contributed by atoms with Crippen LogP contribution >= 0.6 is 11.8 Å². The Labute approximate surface area is 116 Å². The van der Waals surface area contributed by atoms with Gasteiger partial charge in [0.1, 0.15) is 24.1 Å². The Kier molecular flexibility index (Phi) is 4.93. The molecule has 104 valence electrons. The predicted octanol–water partition coefficient (Wildman–Crippen LogP) is 1.28. The highest BCUT2D eigenvalue weighted by Gasteiger charge is 2.30. The largest absolute Gasteiger partial charge is 0.497 e. The number of benzene rings is 1. The summed E-state index contributed by atoms with van der Waals surface area (Å²) >= 11 is 1.66. The molecule has 19 heavy (non-hydrogen) atoms. The lowest BCUT2D eigenvalue weighted by Gasteiger charge is -2.13. The molecule has 1 aliphatic rings. The average molecular weight is 283 g/mol. The summed E-state index contributed by atoms with van der Waals surface area (Å²) in [5.41, 5.74) is 0. The number of hydrogen-bond donors (Lipinski definition) is 1. The lowest BCUT2D eigenvalue weighted by Crippen LogP contribution is -2.39. The zero-order valence-corrected chi connectivity index (χ0v) is 11.7. The Hall–Kier alpha value is -1.40. The molecule has 2 unspecified atom stereocenters. The minimum Gasteiger partial charge on any atom is -0.497 e. The van der Waals surface area contributed by atoms with Gasteiger partial charge >= 0.3 is 5.97 Å². The summed E-state index contributed by atoms with van der Waals surface area (Å²) in [6.07, 6.45) is 0. The van der Waals surface area contributed by atoms with Crippen LogP contribution in [0.3, 0.4) is 0 Å². The molecular weight excluding hydrogens is 266 g/mol. The molecule has 0 radical (unpaired) electrons. The second-order valence-electron chi connectivity index (χ2n) is 4.05. The predicted molar refractivity (Wildman–Crippen MR) is 73.7 cm³/mol. The van der Waals surface area contributed by atoms with Gasteiger partial charge in [-0.25, -0.2) is 0 Å². The molecule has 2 atom stereocenters. The fourth-order valence-corrected chi connectivity index (χ4v) is 2.83. The maximum Gasteiger partial charge on any atom is 0.323 e. The third-order valence-corrected chi connectivity index (χ3v) is 4.00. The first kappa shape index (κ1) is 14.0. The molecular formula is C13H17NO4S. The van der Waals surface area contributed by atoms with E-state index in [9.17, 15) is 4.79 Å². The molecule has 1 saturated heterocycles. The van der Waals surface area contributed by atoms with E-state index in [0.29, 0.717) is 12.4 Å². The summed E-state index contributed by atoms with van der Waals surface area (Å²) in [4.78, 5) is 11.4. The van der Waals surface area contributed by atoms with Crippen LogP contribution in [0.4, 0.5) is 0 Å². The third-order valence-electron chi connectivity index (χ3n) is 2.80. The summed E-state index contributed by atoms with van der Waals surface area (Å²) in [5.74, 6) is 2.07. The summed E-state index contributed by atoms with van der Waals surface area (Å²) in [7, 11) is 3.03. The number of carbonyl (C=O) groups excluding carboxylic acids is 1. The van der Waals surface area contributed by atoms with Crippen molar-refractivity contribution >= 4 is 17.7 Å². The van der Waals surface area contributed by atoms with Gasteiger partial charge in [-0.3, -0.25) is 10.1 Å². The number of nitrogens with one attached hydrogen (secondary N) is 1. The number of hydrogen-bond acceptors (Lipinski definition) is 6. The molecule has 1 heterocycles. The average Bonchev–Trinajstić information content (AvgIpc) is 2.93. The van der Waals surface area contributed by atoms with Crippen molar-refractivity contribution in [1.29, 1.82) is 0 Å². The zero-order valence-electron chi connectivity index (χ0n) is 10.9. The molecule has 5 nitrogen and oxygen atoms in total. The molecule has 1 aromatic rings. The van der Waals surface area contributed by atoms with E-state index in [-0.39, 0.29) is 17.4 Å². The molecule has 0 amide bonds. The smallest absolute Gasteiger partial charge is 0.323 e. The number of rotatable bonds is 5. The zero-order chi connectivity index (χ0) is 13.7. The summed E-state index contributed by atoms with van der Waals surface area (Å²) in [5, 5.41) is 3.28. The van der Waals surface area contributed by atoms with E-state index in [1.807, 2.05) is 24.3 Å². The number of carbonyl (C=O) groups is 1. The van der Waals surface area contributed by atoms with Crippen molar-refractivity contribution in [3.8, 4) is 11.5 Å². The molecule has 1 N–H and O–H groups in total. The Morgan fingerprint density at radius 1 is 1.32 bits per heavy atom. The monoisotopic (exact) mass is 283 g/mol. The Bertz CT molecular complexity index is 423. The summed E-state index contributed by atoms with van der Waals surface area (Å²) in [6.45, 7) is 0.504. The van der Waals surface area contributed by atoms with Crippen molar-refractivity contribution in [2.24, 2.45) is 0 Å². The maximum atomic E-state index is 11.4. The Balaban J connectivity index is 1.78. The fourth-order valence-electron chi connectivity index (χ4n) is 1.75. The van der Waals surface area contributed by atoms with Crippen molar-refractivity contribution < 1.29 is 19.0 Å². The van der Waals surface area contributed by atoms with E-state index < -0.39 is 0 Å². The number of methoxy groups -OCH3 is 2. The van der Waals surface area contributed by atoms with Crippen molar-refractivity contribution in [2.75, 3.05) is 26.6 Å². The lowest BCUT2D eigenvalue weighted by molar-refractivity contribution is -0.142. The number of esters is 1. The van der Waals surface area contributed by atoms with Gasteiger partial charge in [-0.2, -0.15) is 0 Å². The van der Waals surface area contributed by atoms with Crippen molar-refractivity contribution in [3.05, 3.63) is 24.3 Å². The molecule has 2 rings (SSSR count). The van der Waals surface area contributed by atoms with Crippen LogP contribution in [0.1, 0.15) is 0 Å². The standard InChI is InChI=1S/C13H17NO4S/c1-16-9-3-5-10(6-4-9)18-7-12-14-11(8-19-12)13(15)17-2/h3-6,11-12,14H,7-8H2,1-2H3. The van der Waals surface area contributed by atoms with Crippen LogP contribution in [0.25, 0.3) is 0 Å². The van der Waals surface area contributed by atoms with Gasteiger partial charge in [-0.15, -0.1) is 11.8 Å². The molecule has 0 bridgehead atoms. The van der Waals surface area contributed by atoms with Crippen LogP contribution in [0, 0.1) is 0 Å². The SMILES string of the molecule is COC(=O)C1CSC(COc2ccc(OC)cc2)N1. The molecule has 0 spiro atoms. The molecule has 1 aromatic carbocycles. The van der Waals surface area contributed by atoms with Crippen LogP contribution < -0.4 is 14.8 Å². The van der Waals surface area contributed by atoms with E-state index in [1.165, 1.54) is 7.11 Å².